The first-order chi connectivity index (χ1) is 13.0. The first-order valence-electron chi connectivity index (χ1n) is 8.92. The molecule has 0 aliphatic heterocycles. The fraction of sp³-hybridized carbons (Fsp3) is 0.318. The van der Waals surface area contributed by atoms with Gasteiger partial charge in [-0.15, -0.1) is 0 Å². The van der Waals surface area contributed by atoms with Crippen LogP contribution in [0.15, 0.2) is 55.1 Å². The second kappa shape index (κ2) is 9.90. The Labute approximate surface area is 161 Å². The van der Waals surface area contributed by atoms with E-state index in [4.69, 9.17) is 15.2 Å². The minimum Gasteiger partial charge on any atom is -0.489 e. The van der Waals surface area contributed by atoms with Crippen LogP contribution in [0.2, 0.25) is 0 Å². The maximum atomic E-state index is 13.0. The van der Waals surface area contributed by atoms with Crippen molar-refractivity contribution in [1.29, 1.82) is 0 Å². The summed E-state index contributed by atoms with van der Waals surface area (Å²) in [6.45, 7) is 8.67. The number of methoxy groups -OCH3 is 1. The monoisotopic (exact) mass is 368 g/mol. The molecule has 1 amide bonds. The molecule has 5 heteroatoms. The largest absolute Gasteiger partial charge is 0.489 e. The van der Waals surface area contributed by atoms with Crippen molar-refractivity contribution < 1.29 is 14.3 Å². The Morgan fingerprint density at radius 3 is 2.63 bits per heavy atom. The number of benzene rings is 2. The highest BCUT2D eigenvalue weighted by Crippen LogP contribution is 2.26. The summed E-state index contributed by atoms with van der Waals surface area (Å²) in [4.78, 5) is 14.7. The van der Waals surface area contributed by atoms with Crippen LogP contribution < -0.4 is 15.4 Å². The summed E-state index contributed by atoms with van der Waals surface area (Å²) < 4.78 is 10.8. The second-order valence-corrected chi connectivity index (χ2v) is 6.46. The van der Waals surface area contributed by atoms with Crippen molar-refractivity contribution in [3.8, 4) is 5.75 Å². The number of ether oxygens (including phenoxy) is 2. The summed E-state index contributed by atoms with van der Waals surface area (Å²) in [6.07, 6.45) is 1.69. The Bertz CT molecular complexity index is 789. The minimum absolute atomic E-state index is 0.161. The summed E-state index contributed by atoms with van der Waals surface area (Å²) in [5.74, 6) is 0.526. The van der Waals surface area contributed by atoms with E-state index in [2.05, 4.69) is 6.58 Å². The van der Waals surface area contributed by atoms with Crippen molar-refractivity contribution in [2.45, 2.75) is 26.4 Å². The highest BCUT2D eigenvalue weighted by molar-refractivity contribution is 5.97. The predicted molar refractivity (Wildman–Crippen MR) is 109 cm³/mol. The van der Waals surface area contributed by atoms with E-state index in [1.54, 1.807) is 11.0 Å². The van der Waals surface area contributed by atoms with Gasteiger partial charge in [-0.2, -0.15) is 0 Å². The molecule has 2 aromatic carbocycles. The molecule has 1 atom stereocenters. The van der Waals surface area contributed by atoms with Crippen LogP contribution in [0.5, 0.6) is 5.75 Å². The first-order valence-corrected chi connectivity index (χ1v) is 8.92. The molecule has 5 nitrogen and oxygen atoms in total. The van der Waals surface area contributed by atoms with Crippen molar-refractivity contribution >= 4 is 11.6 Å². The summed E-state index contributed by atoms with van der Waals surface area (Å²) in [6, 6.07) is 12.9. The van der Waals surface area contributed by atoms with Crippen LogP contribution in [0.3, 0.4) is 0 Å². The van der Waals surface area contributed by atoms with Crippen LogP contribution in [0, 0.1) is 13.8 Å². The molecule has 0 heterocycles. The van der Waals surface area contributed by atoms with E-state index in [0.29, 0.717) is 13.2 Å². The number of para-hydroxylation sites is 1. The molecule has 0 bridgehead atoms. The maximum Gasteiger partial charge on any atom is 0.246 e. The first kappa shape index (κ1) is 20.7. The molecule has 1 unspecified atom stereocenters. The van der Waals surface area contributed by atoms with Gasteiger partial charge < -0.3 is 20.1 Å². The van der Waals surface area contributed by atoms with E-state index in [-0.39, 0.29) is 12.5 Å². The third-order valence-corrected chi connectivity index (χ3v) is 4.39. The van der Waals surface area contributed by atoms with Gasteiger partial charge in [0.15, 0.2) is 0 Å². The Balaban J connectivity index is 2.39. The number of nitrogens with two attached hydrogens (primary N) is 1. The van der Waals surface area contributed by atoms with Crippen molar-refractivity contribution in [3.63, 3.8) is 0 Å². The van der Waals surface area contributed by atoms with Gasteiger partial charge in [0.05, 0.1) is 13.2 Å². The standard InChI is InChI=1S/C22H28N2O3/c1-5-12-27-21-9-7-6-8-18(21)14-24(22(25)20(23)15-26-4)19-11-10-16(2)17(3)13-19/h5-11,13,20H,1,12,14-15,23H2,2-4H3. The van der Waals surface area contributed by atoms with Gasteiger partial charge in [-0.1, -0.05) is 36.9 Å². The lowest BCUT2D eigenvalue weighted by Crippen LogP contribution is -2.46. The van der Waals surface area contributed by atoms with Crippen LogP contribution >= 0.6 is 0 Å². The Morgan fingerprint density at radius 2 is 1.96 bits per heavy atom. The number of rotatable bonds is 9. The van der Waals surface area contributed by atoms with Crippen molar-refractivity contribution in [2.75, 3.05) is 25.2 Å². The van der Waals surface area contributed by atoms with Gasteiger partial charge in [-0.3, -0.25) is 4.79 Å². The van der Waals surface area contributed by atoms with E-state index in [1.165, 1.54) is 12.7 Å². The molecule has 2 N–H and O–H groups in total. The number of hydrogen-bond donors (Lipinski definition) is 1. The average Bonchev–Trinajstić information content (AvgIpc) is 2.67. The number of hydrogen-bond acceptors (Lipinski definition) is 4. The molecule has 0 aliphatic rings. The number of carbonyl (C=O) groups is 1. The average molecular weight is 368 g/mol. The van der Waals surface area contributed by atoms with Gasteiger partial charge in [0.2, 0.25) is 5.91 Å². The molecule has 0 saturated heterocycles. The van der Waals surface area contributed by atoms with Gasteiger partial charge >= 0.3 is 0 Å². The molecule has 0 fully saturated rings. The Morgan fingerprint density at radius 1 is 1.22 bits per heavy atom. The number of nitrogens with zero attached hydrogens (tertiary/aromatic N) is 1. The van der Waals surface area contributed by atoms with Crippen LogP contribution in [0.1, 0.15) is 16.7 Å². The molecule has 27 heavy (non-hydrogen) atoms. The van der Waals surface area contributed by atoms with E-state index >= 15 is 0 Å². The smallest absolute Gasteiger partial charge is 0.246 e. The molecule has 0 radical (unpaired) electrons. The van der Waals surface area contributed by atoms with E-state index in [0.717, 1.165) is 22.6 Å². The van der Waals surface area contributed by atoms with Gasteiger partial charge in [0.1, 0.15) is 18.4 Å². The number of amides is 1. The fourth-order valence-electron chi connectivity index (χ4n) is 2.74. The molecular weight excluding hydrogens is 340 g/mol. The van der Waals surface area contributed by atoms with E-state index in [1.807, 2.05) is 56.3 Å². The van der Waals surface area contributed by atoms with Gasteiger partial charge in [-0.05, 0) is 43.2 Å². The predicted octanol–water partition coefficient (Wildman–Crippen LogP) is 3.38. The molecule has 0 aliphatic carbocycles. The van der Waals surface area contributed by atoms with Gasteiger partial charge in [0, 0.05) is 18.4 Å². The Kier molecular flexibility index (Phi) is 7.58. The molecule has 0 aromatic heterocycles. The summed E-state index contributed by atoms with van der Waals surface area (Å²) in [5, 5.41) is 0. The lowest BCUT2D eigenvalue weighted by atomic mass is 10.1. The molecule has 0 saturated carbocycles. The van der Waals surface area contributed by atoms with E-state index < -0.39 is 6.04 Å². The summed E-state index contributed by atoms with van der Waals surface area (Å²) in [7, 11) is 1.53. The van der Waals surface area contributed by atoms with Crippen LogP contribution in [-0.4, -0.2) is 32.3 Å². The lowest BCUT2D eigenvalue weighted by Gasteiger charge is -2.27. The lowest BCUT2D eigenvalue weighted by molar-refractivity contribution is -0.121. The Hall–Kier alpha value is -2.63. The van der Waals surface area contributed by atoms with Crippen LogP contribution in [0.25, 0.3) is 0 Å². The minimum atomic E-state index is -0.738. The van der Waals surface area contributed by atoms with Crippen LogP contribution in [-0.2, 0) is 16.1 Å². The number of anilines is 1. The normalized spacial score (nSPS) is 11.7. The molecule has 2 rings (SSSR count). The summed E-state index contributed by atoms with van der Waals surface area (Å²) >= 11 is 0. The molecule has 0 spiro atoms. The molecule has 144 valence electrons. The maximum absolute atomic E-state index is 13.0. The van der Waals surface area contributed by atoms with Gasteiger partial charge in [-0.25, -0.2) is 0 Å². The zero-order chi connectivity index (χ0) is 19.8. The topological polar surface area (TPSA) is 64.8 Å². The van der Waals surface area contributed by atoms with Gasteiger partial charge in [0.25, 0.3) is 0 Å². The quantitative estimate of drug-likeness (QED) is 0.689. The van der Waals surface area contributed by atoms with Crippen LogP contribution in [0.4, 0.5) is 5.69 Å². The molecule has 2 aromatic rings. The highest BCUT2D eigenvalue weighted by atomic mass is 16.5. The number of carbonyl (C=O) groups excluding carboxylic acids is 1. The third kappa shape index (κ3) is 5.42. The third-order valence-electron chi connectivity index (χ3n) is 4.39. The van der Waals surface area contributed by atoms with Crippen molar-refractivity contribution in [1.82, 2.24) is 0 Å². The summed E-state index contributed by atoms with van der Waals surface area (Å²) in [5.41, 5.74) is 10.0. The molecular formula is C22H28N2O3. The van der Waals surface area contributed by atoms with Crippen molar-refractivity contribution in [2.24, 2.45) is 5.73 Å². The second-order valence-electron chi connectivity index (χ2n) is 6.46. The fourth-order valence-corrected chi connectivity index (χ4v) is 2.74. The zero-order valence-corrected chi connectivity index (χ0v) is 16.3. The zero-order valence-electron chi connectivity index (χ0n) is 16.3. The SMILES string of the molecule is C=CCOc1ccccc1CN(C(=O)C(N)COC)c1ccc(C)c(C)c1. The van der Waals surface area contributed by atoms with E-state index in [9.17, 15) is 4.79 Å². The highest BCUT2D eigenvalue weighted by Gasteiger charge is 2.24. The van der Waals surface area contributed by atoms with Crippen molar-refractivity contribution in [3.05, 3.63) is 71.8 Å². The number of aryl methyl sites for hydroxylation is 2.